The molecule has 5 nitrogen and oxygen atoms in total. The topological polar surface area (TPSA) is 69.6 Å². The molecule has 0 saturated heterocycles. The van der Waals surface area contributed by atoms with Crippen LogP contribution in [0.3, 0.4) is 0 Å². The van der Waals surface area contributed by atoms with Gasteiger partial charge in [0.25, 0.3) is 0 Å². The number of rotatable bonds is 5. The number of urea groups is 1. The molecule has 110 valence electrons. The standard InChI is InChI=1S/C15H22N2O3/c1-15(2,3)17(11-13(18)19)14(20)16-10-9-12-7-5-4-6-8-12/h4-8H,9-11H2,1-3H3,(H,16,20)(H,18,19). The molecule has 5 heteroatoms. The minimum Gasteiger partial charge on any atom is -0.480 e. The van der Waals surface area contributed by atoms with Crippen LogP contribution in [-0.2, 0) is 11.2 Å². The number of hydrogen-bond acceptors (Lipinski definition) is 2. The summed E-state index contributed by atoms with van der Waals surface area (Å²) in [6.45, 7) is 5.61. The van der Waals surface area contributed by atoms with Crippen LogP contribution in [0.4, 0.5) is 4.79 Å². The summed E-state index contributed by atoms with van der Waals surface area (Å²) in [4.78, 5) is 24.2. The number of amides is 2. The van der Waals surface area contributed by atoms with E-state index < -0.39 is 11.5 Å². The van der Waals surface area contributed by atoms with Crippen molar-refractivity contribution in [3.05, 3.63) is 35.9 Å². The van der Waals surface area contributed by atoms with Gasteiger partial charge in [0.2, 0.25) is 0 Å². The summed E-state index contributed by atoms with van der Waals surface area (Å²) < 4.78 is 0. The van der Waals surface area contributed by atoms with E-state index in [1.54, 1.807) is 0 Å². The molecular formula is C15H22N2O3. The maximum Gasteiger partial charge on any atom is 0.323 e. The second-order valence-corrected chi connectivity index (χ2v) is 5.62. The normalized spacial score (nSPS) is 10.9. The molecule has 0 unspecified atom stereocenters. The lowest BCUT2D eigenvalue weighted by atomic mass is 10.1. The van der Waals surface area contributed by atoms with Crippen LogP contribution in [0.5, 0.6) is 0 Å². The average Bonchev–Trinajstić information content (AvgIpc) is 2.35. The summed E-state index contributed by atoms with van der Waals surface area (Å²) in [5.41, 5.74) is 0.600. The molecule has 0 spiro atoms. The van der Waals surface area contributed by atoms with Gasteiger partial charge in [-0.2, -0.15) is 0 Å². The number of nitrogens with zero attached hydrogens (tertiary/aromatic N) is 1. The average molecular weight is 278 g/mol. The van der Waals surface area contributed by atoms with Crippen molar-refractivity contribution in [2.75, 3.05) is 13.1 Å². The molecular weight excluding hydrogens is 256 g/mol. The van der Waals surface area contributed by atoms with Gasteiger partial charge in [0, 0.05) is 12.1 Å². The number of hydrogen-bond donors (Lipinski definition) is 2. The highest BCUT2D eigenvalue weighted by molar-refractivity contribution is 5.80. The Balaban J connectivity index is 2.52. The minimum absolute atomic E-state index is 0.305. The van der Waals surface area contributed by atoms with E-state index in [0.717, 1.165) is 12.0 Å². The van der Waals surface area contributed by atoms with E-state index in [0.29, 0.717) is 6.54 Å². The lowest BCUT2D eigenvalue weighted by Crippen LogP contribution is -2.52. The van der Waals surface area contributed by atoms with Gasteiger partial charge in [-0.25, -0.2) is 4.79 Å². The molecule has 0 radical (unpaired) electrons. The van der Waals surface area contributed by atoms with Crippen molar-refractivity contribution in [3.63, 3.8) is 0 Å². The van der Waals surface area contributed by atoms with Crippen molar-refractivity contribution in [2.24, 2.45) is 0 Å². The van der Waals surface area contributed by atoms with E-state index in [1.165, 1.54) is 4.90 Å². The van der Waals surface area contributed by atoms with Crippen LogP contribution in [0.2, 0.25) is 0 Å². The van der Waals surface area contributed by atoms with Crippen molar-refractivity contribution >= 4 is 12.0 Å². The highest BCUT2D eigenvalue weighted by Gasteiger charge is 2.28. The molecule has 0 atom stereocenters. The summed E-state index contributed by atoms with van der Waals surface area (Å²) in [5.74, 6) is -1.02. The number of aliphatic carboxylic acids is 1. The summed E-state index contributed by atoms with van der Waals surface area (Å²) in [6, 6.07) is 9.47. The first-order chi connectivity index (χ1) is 9.30. The highest BCUT2D eigenvalue weighted by atomic mass is 16.4. The number of nitrogens with one attached hydrogen (secondary N) is 1. The Hall–Kier alpha value is -2.04. The van der Waals surface area contributed by atoms with E-state index >= 15 is 0 Å². The minimum atomic E-state index is -1.02. The molecule has 0 fully saturated rings. The second-order valence-electron chi connectivity index (χ2n) is 5.62. The summed E-state index contributed by atoms with van der Waals surface area (Å²) in [7, 11) is 0. The molecule has 0 aliphatic rings. The van der Waals surface area contributed by atoms with Crippen molar-refractivity contribution < 1.29 is 14.7 Å². The molecule has 0 aliphatic heterocycles. The fourth-order valence-electron chi connectivity index (χ4n) is 1.80. The van der Waals surface area contributed by atoms with Gasteiger partial charge in [-0.15, -0.1) is 0 Å². The lowest BCUT2D eigenvalue weighted by Gasteiger charge is -2.34. The zero-order valence-electron chi connectivity index (χ0n) is 12.2. The number of benzene rings is 1. The monoisotopic (exact) mass is 278 g/mol. The molecule has 0 aromatic heterocycles. The Morgan fingerprint density at radius 2 is 1.80 bits per heavy atom. The van der Waals surface area contributed by atoms with Crippen molar-refractivity contribution in [3.8, 4) is 0 Å². The van der Waals surface area contributed by atoms with Crippen molar-refractivity contribution in [2.45, 2.75) is 32.7 Å². The zero-order valence-corrected chi connectivity index (χ0v) is 12.2. The molecule has 1 rings (SSSR count). The SMILES string of the molecule is CC(C)(C)N(CC(=O)O)C(=O)NCCc1ccccc1. The van der Waals surface area contributed by atoms with E-state index in [9.17, 15) is 9.59 Å². The smallest absolute Gasteiger partial charge is 0.323 e. The largest absolute Gasteiger partial charge is 0.480 e. The first-order valence-electron chi connectivity index (χ1n) is 6.62. The number of carbonyl (C=O) groups is 2. The van der Waals surface area contributed by atoms with Crippen LogP contribution in [0, 0.1) is 0 Å². The first kappa shape index (κ1) is 16.0. The van der Waals surface area contributed by atoms with Crippen LogP contribution in [0.25, 0.3) is 0 Å². The first-order valence-corrected chi connectivity index (χ1v) is 6.62. The Morgan fingerprint density at radius 3 is 2.30 bits per heavy atom. The molecule has 1 aromatic rings. The Kier molecular flexibility index (Phi) is 5.55. The van der Waals surface area contributed by atoms with Gasteiger partial charge >= 0.3 is 12.0 Å². The third-order valence-electron chi connectivity index (χ3n) is 2.88. The maximum absolute atomic E-state index is 12.1. The maximum atomic E-state index is 12.1. The van der Waals surface area contributed by atoms with Crippen LogP contribution in [0.15, 0.2) is 30.3 Å². The number of carbonyl (C=O) groups excluding carboxylic acids is 1. The molecule has 1 aromatic carbocycles. The van der Waals surface area contributed by atoms with Gasteiger partial charge in [0.1, 0.15) is 6.54 Å². The van der Waals surface area contributed by atoms with E-state index in [4.69, 9.17) is 5.11 Å². The summed E-state index contributed by atoms with van der Waals surface area (Å²) in [5, 5.41) is 11.6. The fraction of sp³-hybridized carbons (Fsp3) is 0.467. The van der Waals surface area contributed by atoms with Gasteiger partial charge in [0.15, 0.2) is 0 Å². The number of carboxylic acid groups (broad SMARTS) is 1. The predicted molar refractivity (Wildman–Crippen MR) is 77.6 cm³/mol. The molecule has 2 N–H and O–H groups in total. The van der Waals surface area contributed by atoms with Gasteiger partial charge in [-0.1, -0.05) is 30.3 Å². The van der Waals surface area contributed by atoms with Crippen LogP contribution >= 0.6 is 0 Å². The number of carboxylic acids is 1. The molecule has 20 heavy (non-hydrogen) atoms. The fourth-order valence-corrected chi connectivity index (χ4v) is 1.80. The van der Waals surface area contributed by atoms with Crippen LogP contribution in [0.1, 0.15) is 26.3 Å². The quantitative estimate of drug-likeness (QED) is 0.866. The van der Waals surface area contributed by atoms with Crippen molar-refractivity contribution in [1.82, 2.24) is 10.2 Å². The molecule has 0 saturated carbocycles. The predicted octanol–water partition coefficient (Wildman–Crippen LogP) is 2.12. The molecule has 0 bridgehead atoms. The third kappa shape index (κ3) is 5.30. The second kappa shape index (κ2) is 6.93. The zero-order chi connectivity index (χ0) is 15.2. The summed E-state index contributed by atoms with van der Waals surface area (Å²) >= 11 is 0. The molecule has 0 heterocycles. The summed E-state index contributed by atoms with van der Waals surface area (Å²) in [6.07, 6.45) is 0.720. The van der Waals surface area contributed by atoms with Gasteiger partial charge in [-0.05, 0) is 32.8 Å². The third-order valence-corrected chi connectivity index (χ3v) is 2.88. The van der Waals surface area contributed by atoms with Crippen molar-refractivity contribution in [1.29, 1.82) is 0 Å². The van der Waals surface area contributed by atoms with E-state index in [1.807, 2.05) is 51.1 Å². The highest BCUT2D eigenvalue weighted by Crippen LogP contribution is 2.12. The Morgan fingerprint density at radius 1 is 1.20 bits per heavy atom. The van der Waals surface area contributed by atoms with Crippen LogP contribution < -0.4 is 5.32 Å². The van der Waals surface area contributed by atoms with Gasteiger partial charge < -0.3 is 15.3 Å². The Labute approximate surface area is 119 Å². The van der Waals surface area contributed by atoms with Gasteiger partial charge in [-0.3, -0.25) is 4.79 Å². The lowest BCUT2D eigenvalue weighted by molar-refractivity contribution is -0.138. The molecule has 2 amide bonds. The van der Waals surface area contributed by atoms with Crippen LogP contribution in [-0.4, -0.2) is 40.6 Å². The molecule has 0 aliphatic carbocycles. The Bertz CT molecular complexity index is 452. The van der Waals surface area contributed by atoms with E-state index in [-0.39, 0.29) is 12.6 Å². The van der Waals surface area contributed by atoms with E-state index in [2.05, 4.69) is 5.32 Å². The van der Waals surface area contributed by atoms with Gasteiger partial charge in [0.05, 0.1) is 0 Å².